The molecule has 148 valence electrons. The molecule has 2 amide bonds. The Labute approximate surface area is 159 Å². The summed E-state index contributed by atoms with van der Waals surface area (Å²) >= 11 is 0. The Bertz CT molecular complexity index is 656. The van der Waals surface area contributed by atoms with Crippen LogP contribution >= 0.6 is 0 Å². The zero-order chi connectivity index (χ0) is 19.1. The van der Waals surface area contributed by atoms with Crippen molar-refractivity contribution in [3.8, 4) is 11.5 Å². The van der Waals surface area contributed by atoms with E-state index < -0.39 is 12.6 Å². The Balaban J connectivity index is 1.50. The molecule has 1 atom stereocenters. The van der Waals surface area contributed by atoms with E-state index in [0.717, 1.165) is 31.2 Å². The summed E-state index contributed by atoms with van der Waals surface area (Å²) in [5.74, 6) is 0.634. The zero-order valence-corrected chi connectivity index (χ0v) is 15.5. The minimum atomic E-state index is -0.933. The summed E-state index contributed by atoms with van der Waals surface area (Å²) in [7, 11) is 0. The zero-order valence-electron chi connectivity index (χ0n) is 15.5. The molecule has 1 fully saturated rings. The van der Waals surface area contributed by atoms with Crippen LogP contribution in [0.4, 0.5) is 0 Å². The maximum absolute atomic E-state index is 12.5. The molecular weight excluding hydrogens is 348 g/mol. The summed E-state index contributed by atoms with van der Waals surface area (Å²) in [5, 5.41) is 15.2. The van der Waals surface area contributed by atoms with Gasteiger partial charge in [-0.1, -0.05) is 38.2 Å². The molecule has 27 heavy (non-hydrogen) atoms. The van der Waals surface area contributed by atoms with Crippen molar-refractivity contribution in [3.63, 3.8) is 0 Å². The minimum Gasteiger partial charge on any atom is -0.454 e. The number of fused-ring (bicyclic) bond motifs is 1. The van der Waals surface area contributed by atoms with E-state index in [-0.39, 0.29) is 31.1 Å². The predicted octanol–water partition coefficient (Wildman–Crippen LogP) is 1.66. The van der Waals surface area contributed by atoms with Crippen LogP contribution in [0, 0.1) is 0 Å². The van der Waals surface area contributed by atoms with Crippen LogP contribution in [0.3, 0.4) is 0 Å². The molecule has 1 heterocycles. The van der Waals surface area contributed by atoms with Crippen molar-refractivity contribution < 1.29 is 24.2 Å². The van der Waals surface area contributed by atoms with E-state index in [0.29, 0.717) is 11.5 Å². The molecule has 1 aromatic carbocycles. The van der Waals surface area contributed by atoms with Gasteiger partial charge in [-0.15, -0.1) is 0 Å². The van der Waals surface area contributed by atoms with Gasteiger partial charge >= 0.3 is 0 Å². The van der Waals surface area contributed by atoms with Crippen LogP contribution in [0.25, 0.3) is 0 Å². The van der Waals surface area contributed by atoms with E-state index in [1.54, 1.807) is 18.2 Å². The van der Waals surface area contributed by atoms with Gasteiger partial charge in [0, 0.05) is 6.04 Å². The Kier molecular flexibility index (Phi) is 6.92. The van der Waals surface area contributed by atoms with Crippen molar-refractivity contribution in [2.45, 2.75) is 63.5 Å². The van der Waals surface area contributed by atoms with Gasteiger partial charge in [-0.25, -0.2) is 0 Å². The third-order valence-electron chi connectivity index (χ3n) is 5.09. The molecule has 3 rings (SSSR count). The fourth-order valence-corrected chi connectivity index (χ4v) is 3.58. The molecule has 2 aliphatic rings. The average molecular weight is 376 g/mol. The molecule has 7 nitrogen and oxygen atoms in total. The van der Waals surface area contributed by atoms with Crippen molar-refractivity contribution in [1.29, 1.82) is 0 Å². The lowest BCUT2D eigenvalue weighted by molar-refractivity contribution is -0.130. The van der Waals surface area contributed by atoms with Crippen molar-refractivity contribution >= 4 is 11.8 Å². The maximum Gasteiger partial charge on any atom is 0.245 e. The van der Waals surface area contributed by atoms with Gasteiger partial charge < -0.3 is 25.2 Å². The number of aliphatic hydroxyl groups excluding tert-OH is 1. The number of nitrogens with one attached hydrogen (secondary N) is 2. The molecule has 1 aliphatic heterocycles. The summed E-state index contributed by atoms with van der Waals surface area (Å²) < 4.78 is 10.6. The molecule has 0 aromatic heterocycles. The summed E-state index contributed by atoms with van der Waals surface area (Å²) in [4.78, 5) is 24.8. The van der Waals surface area contributed by atoms with Crippen LogP contribution in [-0.4, -0.2) is 42.4 Å². The van der Waals surface area contributed by atoms with E-state index in [9.17, 15) is 14.7 Å². The highest BCUT2D eigenvalue weighted by Crippen LogP contribution is 2.32. The second-order valence-electron chi connectivity index (χ2n) is 7.22. The standard InChI is InChI=1S/C20H28N2O5/c23-12-16(20(25)21-15-6-4-2-1-3-5-7-15)22-19(24)11-14-8-9-17-18(10-14)27-13-26-17/h8-10,15-16,23H,1-7,11-13H2,(H,21,25)(H,22,24)/t16-/m0/s1. The minimum absolute atomic E-state index is 0.101. The quantitative estimate of drug-likeness (QED) is 0.702. The average Bonchev–Trinajstić information content (AvgIpc) is 3.09. The SMILES string of the molecule is O=C(Cc1ccc2c(c1)OCO2)N[C@@H](CO)C(=O)NC1CCCCCCC1. The van der Waals surface area contributed by atoms with Gasteiger partial charge in [0.25, 0.3) is 0 Å². The number of carbonyl (C=O) groups is 2. The van der Waals surface area contributed by atoms with Gasteiger partial charge in [-0.2, -0.15) is 0 Å². The molecule has 3 N–H and O–H groups in total. The van der Waals surface area contributed by atoms with Gasteiger partial charge in [0.15, 0.2) is 11.5 Å². The molecule has 0 bridgehead atoms. The molecule has 0 saturated heterocycles. The molecule has 7 heteroatoms. The van der Waals surface area contributed by atoms with Gasteiger partial charge in [-0.05, 0) is 30.5 Å². The fraction of sp³-hybridized carbons (Fsp3) is 0.600. The van der Waals surface area contributed by atoms with E-state index >= 15 is 0 Å². The van der Waals surface area contributed by atoms with Crippen molar-refractivity contribution in [2.24, 2.45) is 0 Å². The number of benzene rings is 1. The van der Waals surface area contributed by atoms with E-state index in [2.05, 4.69) is 10.6 Å². The normalized spacial score (nSPS) is 18.3. The van der Waals surface area contributed by atoms with Crippen LogP contribution in [0.2, 0.25) is 0 Å². The van der Waals surface area contributed by atoms with Crippen molar-refractivity contribution in [2.75, 3.05) is 13.4 Å². The van der Waals surface area contributed by atoms with E-state index in [1.165, 1.54) is 19.3 Å². The van der Waals surface area contributed by atoms with Crippen LogP contribution in [0.5, 0.6) is 11.5 Å². The third kappa shape index (κ3) is 5.60. The molecule has 0 radical (unpaired) electrons. The topological polar surface area (TPSA) is 96.9 Å². The maximum atomic E-state index is 12.5. The van der Waals surface area contributed by atoms with Gasteiger partial charge in [0.2, 0.25) is 18.6 Å². The van der Waals surface area contributed by atoms with Crippen molar-refractivity contribution in [3.05, 3.63) is 23.8 Å². The summed E-state index contributed by atoms with van der Waals surface area (Å²) in [5.41, 5.74) is 0.758. The first-order valence-corrected chi connectivity index (χ1v) is 9.75. The lowest BCUT2D eigenvalue weighted by Gasteiger charge is -2.24. The number of carbonyl (C=O) groups excluding carboxylic acids is 2. The van der Waals surface area contributed by atoms with Gasteiger partial charge in [0.05, 0.1) is 13.0 Å². The second-order valence-corrected chi connectivity index (χ2v) is 7.22. The Hall–Kier alpha value is -2.28. The smallest absolute Gasteiger partial charge is 0.245 e. The predicted molar refractivity (Wildman–Crippen MR) is 99.5 cm³/mol. The first-order valence-electron chi connectivity index (χ1n) is 9.75. The molecule has 0 unspecified atom stereocenters. The Morgan fingerprint density at radius 2 is 1.78 bits per heavy atom. The largest absolute Gasteiger partial charge is 0.454 e. The van der Waals surface area contributed by atoms with E-state index in [1.807, 2.05) is 0 Å². The monoisotopic (exact) mass is 376 g/mol. The summed E-state index contributed by atoms with van der Waals surface area (Å²) in [6.45, 7) is -0.246. The van der Waals surface area contributed by atoms with Gasteiger partial charge in [-0.3, -0.25) is 9.59 Å². The Morgan fingerprint density at radius 1 is 1.07 bits per heavy atom. The van der Waals surface area contributed by atoms with Crippen LogP contribution in [0.1, 0.15) is 50.5 Å². The first-order chi connectivity index (χ1) is 13.2. The number of amides is 2. The number of rotatable bonds is 6. The molecule has 1 aliphatic carbocycles. The van der Waals surface area contributed by atoms with Gasteiger partial charge in [0.1, 0.15) is 6.04 Å². The lowest BCUT2D eigenvalue weighted by atomic mass is 9.96. The highest BCUT2D eigenvalue weighted by molar-refractivity contribution is 5.88. The van der Waals surface area contributed by atoms with Crippen molar-refractivity contribution in [1.82, 2.24) is 10.6 Å². The third-order valence-corrected chi connectivity index (χ3v) is 5.09. The molecule has 0 spiro atoms. The number of ether oxygens (including phenoxy) is 2. The highest BCUT2D eigenvalue weighted by atomic mass is 16.7. The lowest BCUT2D eigenvalue weighted by Crippen LogP contribution is -2.51. The fourth-order valence-electron chi connectivity index (χ4n) is 3.58. The van der Waals surface area contributed by atoms with Crippen LogP contribution in [0.15, 0.2) is 18.2 Å². The number of aliphatic hydroxyl groups is 1. The summed E-state index contributed by atoms with van der Waals surface area (Å²) in [6, 6.07) is 4.49. The Morgan fingerprint density at radius 3 is 2.52 bits per heavy atom. The second kappa shape index (κ2) is 9.60. The molecule has 1 aromatic rings. The highest BCUT2D eigenvalue weighted by Gasteiger charge is 2.23. The van der Waals surface area contributed by atoms with E-state index in [4.69, 9.17) is 9.47 Å². The number of hydrogen-bond donors (Lipinski definition) is 3. The first kappa shape index (κ1) is 19.5. The molecular formula is C20H28N2O5. The van der Waals surface area contributed by atoms with Crippen LogP contribution in [-0.2, 0) is 16.0 Å². The molecule has 1 saturated carbocycles. The summed E-state index contributed by atoms with van der Waals surface area (Å²) in [6.07, 6.45) is 7.87. The number of hydrogen-bond acceptors (Lipinski definition) is 5. The van der Waals surface area contributed by atoms with Crippen LogP contribution < -0.4 is 20.1 Å².